The number of carbonyl (C=O) groups is 1. The summed E-state index contributed by atoms with van der Waals surface area (Å²) in [6.07, 6.45) is 0.722. The zero-order valence-electron chi connectivity index (χ0n) is 14.2. The predicted octanol–water partition coefficient (Wildman–Crippen LogP) is 0.792. The van der Waals surface area contributed by atoms with Crippen LogP contribution in [0.15, 0.2) is 15.4 Å². The first-order valence-corrected chi connectivity index (χ1v) is 9.04. The van der Waals surface area contributed by atoms with Crippen LogP contribution >= 0.6 is 24.8 Å². The molecule has 146 valence electrons. The quantitative estimate of drug-likeness (QED) is 0.499. The first kappa shape index (κ1) is 24.2. The molecule has 1 fully saturated rings. The van der Waals surface area contributed by atoms with Crippen molar-refractivity contribution < 1.29 is 22.4 Å². The molecule has 1 aliphatic rings. The standard InChI is InChI=1S/C14H23N3O5S.2ClH/c1-11-13(10-12(22-11)14(18)21-2)23(19,20)16-4-3-7-17-8-5-15-6-9-17;;/h10,15-16H,3-9H2,1-2H3;2*1H. The first-order chi connectivity index (χ1) is 10.9. The Hall–Kier alpha value is -0.840. The van der Waals surface area contributed by atoms with Crippen LogP contribution in [0.25, 0.3) is 0 Å². The normalized spacial score (nSPS) is 15.1. The number of nitrogens with zero attached hydrogens (tertiary/aromatic N) is 1. The molecule has 0 bridgehead atoms. The lowest BCUT2D eigenvalue weighted by molar-refractivity contribution is 0.0563. The summed E-state index contributed by atoms with van der Waals surface area (Å²) >= 11 is 0. The minimum Gasteiger partial charge on any atom is -0.463 e. The third kappa shape index (κ3) is 6.76. The van der Waals surface area contributed by atoms with E-state index < -0.39 is 16.0 Å². The fourth-order valence-electron chi connectivity index (χ4n) is 2.46. The summed E-state index contributed by atoms with van der Waals surface area (Å²) in [5.74, 6) is -0.653. The average Bonchev–Trinajstić information content (AvgIpc) is 2.95. The van der Waals surface area contributed by atoms with Gasteiger partial charge in [-0.3, -0.25) is 0 Å². The van der Waals surface area contributed by atoms with Crippen molar-refractivity contribution in [3.63, 3.8) is 0 Å². The number of carbonyl (C=O) groups excluding carboxylic acids is 1. The van der Waals surface area contributed by atoms with Gasteiger partial charge in [0.25, 0.3) is 0 Å². The number of rotatable bonds is 7. The number of halogens is 2. The number of sulfonamides is 1. The molecule has 2 rings (SSSR count). The molecule has 8 nitrogen and oxygen atoms in total. The average molecular weight is 418 g/mol. The van der Waals surface area contributed by atoms with Crippen molar-refractivity contribution in [2.75, 3.05) is 46.4 Å². The number of piperazine rings is 1. The van der Waals surface area contributed by atoms with Crippen LogP contribution in [0.4, 0.5) is 0 Å². The van der Waals surface area contributed by atoms with Gasteiger partial charge in [-0.15, -0.1) is 24.8 Å². The SMILES string of the molecule is COC(=O)c1cc(S(=O)(=O)NCCCN2CCNCC2)c(C)o1.Cl.Cl. The van der Waals surface area contributed by atoms with E-state index in [1.54, 1.807) is 0 Å². The maximum absolute atomic E-state index is 12.3. The maximum Gasteiger partial charge on any atom is 0.373 e. The van der Waals surface area contributed by atoms with E-state index in [-0.39, 0.29) is 41.2 Å². The summed E-state index contributed by atoms with van der Waals surface area (Å²) in [4.78, 5) is 13.7. The van der Waals surface area contributed by atoms with E-state index in [9.17, 15) is 13.2 Å². The molecule has 2 N–H and O–H groups in total. The van der Waals surface area contributed by atoms with Gasteiger partial charge in [0.05, 0.1) is 7.11 Å². The largest absolute Gasteiger partial charge is 0.463 e. The highest BCUT2D eigenvalue weighted by Gasteiger charge is 2.24. The molecular weight excluding hydrogens is 393 g/mol. The predicted molar refractivity (Wildman–Crippen MR) is 98.4 cm³/mol. The fraction of sp³-hybridized carbons (Fsp3) is 0.643. The number of furan rings is 1. The third-order valence-electron chi connectivity index (χ3n) is 3.70. The molecule has 1 aliphatic heterocycles. The molecule has 0 amide bonds. The van der Waals surface area contributed by atoms with E-state index in [0.717, 1.165) is 39.1 Å². The second-order valence-corrected chi connectivity index (χ2v) is 7.10. The minimum atomic E-state index is -3.70. The lowest BCUT2D eigenvalue weighted by Crippen LogP contribution is -2.44. The number of aryl methyl sites for hydroxylation is 1. The van der Waals surface area contributed by atoms with E-state index in [2.05, 4.69) is 19.7 Å². The molecule has 0 aromatic carbocycles. The van der Waals surface area contributed by atoms with E-state index in [1.165, 1.54) is 20.1 Å². The Morgan fingerprint density at radius 3 is 2.60 bits per heavy atom. The highest BCUT2D eigenvalue weighted by Crippen LogP contribution is 2.20. The highest BCUT2D eigenvalue weighted by molar-refractivity contribution is 7.89. The van der Waals surface area contributed by atoms with Crippen LogP contribution in [0, 0.1) is 6.92 Å². The topological polar surface area (TPSA) is 101 Å². The van der Waals surface area contributed by atoms with Crippen molar-refractivity contribution >= 4 is 40.8 Å². The van der Waals surface area contributed by atoms with E-state index in [1.807, 2.05) is 0 Å². The molecule has 0 radical (unpaired) electrons. The van der Waals surface area contributed by atoms with Crippen molar-refractivity contribution in [3.05, 3.63) is 17.6 Å². The monoisotopic (exact) mass is 417 g/mol. The summed E-state index contributed by atoms with van der Waals surface area (Å²) in [5.41, 5.74) is 0. The van der Waals surface area contributed by atoms with Crippen LogP contribution in [0.1, 0.15) is 22.7 Å². The second kappa shape index (κ2) is 11.0. The number of methoxy groups -OCH3 is 1. The Kier molecular flexibility index (Phi) is 10.6. The molecular formula is C14H25Cl2N3O5S. The smallest absolute Gasteiger partial charge is 0.373 e. The van der Waals surface area contributed by atoms with Gasteiger partial charge in [0.2, 0.25) is 15.8 Å². The lowest BCUT2D eigenvalue weighted by Gasteiger charge is -2.27. The van der Waals surface area contributed by atoms with Crippen LogP contribution in [0.3, 0.4) is 0 Å². The number of ether oxygens (including phenoxy) is 1. The fourth-order valence-corrected chi connectivity index (χ4v) is 3.71. The number of esters is 1. The molecule has 25 heavy (non-hydrogen) atoms. The highest BCUT2D eigenvalue weighted by atomic mass is 35.5. The molecule has 0 unspecified atom stereocenters. The van der Waals surface area contributed by atoms with Gasteiger partial charge >= 0.3 is 5.97 Å². The summed E-state index contributed by atoms with van der Waals surface area (Å²) in [6, 6.07) is 1.19. The lowest BCUT2D eigenvalue weighted by atomic mass is 10.3. The summed E-state index contributed by atoms with van der Waals surface area (Å²) < 4.78 is 36.8. The van der Waals surface area contributed by atoms with Crippen LogP contribution in [-0.4, -0.2) is 65.7 Å². The molecule has 2 heterocycles. The number of nitrogens with one attached hydrogen (secondary N) is 2. The van der Waals surface area contributed by atoms with Crippen LogP contribution < -0.4 is 10.0 Å². The molecule has 1 aromatic heterocycles. The van der Waals surface area contributed by atoms with E-state index in [0.29, 0.717) is 6.54 Å². The molecule has 0 spiro atoms. The number of hydrogen-bond acceptors (Lipinski definition) is 7. The van der Waals surface area contributed by atoms with Gasteiger partial charge in [-0.25, -0.2) is 17.9 Å². The Morgan fingerprint density at radius 1 is 1.36 bits per heavy atom. The van der Waals surface area contributed by atoms with E-state index >= 15 is 0 Å². The maximum atomic E-state index is 12.3. The zero-order chi connectivity index (χ0) is 16.9. The molecule has 0 saturated carbocycles. The second-order valence-electron chi connectivity index (χ2n) is 5.37. The van der Waals surface area contributed by atoms with Gasteiger partial charge < -0.3 is 19.4 Å². The van der Waals surface area contributed by atoms with Gasteiger partial charge in [0.15, 0.2) is 0 Å². The van der Waals surface area contributed by atoms with Gasteiger partial charge in [-0.1, -0.05) is 0 Å². The molecule has 1 aromatic rings. The van der Waals surface area contributed by atoms with Crippen LogP contribution in [0.5, 0.6) is 0 Å². The van der Waals surface area contributed by atoms with Gasteiger partial charge in [-0.2, -0.15) is 0 Å². The number of hydrogen-bond donors (Lipinski definition) is 2. The summed E-state index contributed by atoms with van der Waals surface area (Å²) in [6.45, 7) is 6.59. The van der Waals surface area contributed by atoms with Gasteiger partial charge in [0, 0.05) is 38.8 Å². The zero-order valence-corrected chi connectivity index (χ0v) is 16.7. The van der Waals surface area contributed by atoms with Crippen LogP contribution in [-0.2, 0) is 14.8 Å². The van der Waals surface area contributed by atoms with Crippen molar-refractivity contribution in [1.82, 2.24) is 14.9 Å². The van der Waals surface area contributed by atoms with Gasteiger partial charge in [0.1, 0.15) is 10.7 Å². The van der Waals surface area contributed by atoms with E-state index in [4.69, 9.17) is 4.42 Å². The molecule has 0 atom stereocenters. The first-order valence-electron chi connectivity index (χ1n) is 7.55. The van der Waals surface area contributed by atoms with Crippen LogP contribution in [0.2, 0.25) is 0 Å². The Bertz CT molecular complexity index is 645. The summed E-state index contributed by atoms with van der Waals surface area (Å²) in [7, 11) is -2.49. The van der Waals surface area contributed by atoms with Gasteiger partial charge in [-0.05, 0) is 19.9 Å². The van der Waals surface area contributed by atoms with Crippen molar-refractivity contribution in [2.45, 2.75) is 18.2 Å². The molecule has 0 aliphatic carbocycles. The summed E-state index contributed by atoms with van der Waals surface area (Å²) in [5, 5.41) is 3.27. The third-order valence-corrected chi connectivity index (χ3v) is 5.27. The molecule has 11 heteroatoms. The molecule has 1 saturated heterocycles. The van der Waals surface area contributed by atoms with Crippen molar-refractivity contribution in [1.29, 1.82) is 0 Å². The van der Waals surface area contributed by atoms with Crippen molar-refractivity contribution in [3.8, 4) is 0 Å². The van der Waals surface area contributed by atoms with Crippen molar-refractivity contribution in [2.24, 2.45) is 0 Å². The Morgan fingerprint density at radius 2 is 2.00 bits per heavy atom. The Labute approximate surface area is 160 Å². The minimum absolute atomic E-state index is 0. The Balaban J connectivity index is 0.00000288.